The summed E-state index contributed by atoms with van der Waals surface area (Å²) in [4.78, 5) is 21.8. The minimum Gasteiger partial charge on any atom is -0.372 e. The maximum Gasteiger partial charge on any atom is 0.216 e. The minimum atomic E-state index is -0.586. The average Bonchev–Trinajstić information content (AvgIpc) is 2.27. The summed E-state index contributed by atoms with van der Waals surface area (Å²) in [6, 6.07) is 4.63. The van der Waals surface area contributed by atoms with Crippen LogP contribution in [0.5, 0.6) is 0 Å². The summed E-state index contributed by atoms with van der Waals surface area (Å²) in [6.45, 7) is 0.457. The number of aldehydes is 1. The van der Waals surface area contributed by atoms with E-state index in [-0.39, 0.29) is 0 Å². The highest BCUT2D eigenvalue weighted by Gasteiger charge is 2.25. The Bertz CT molecular complexity index is 420. The number of carbonyl (C=O) groups excluding carboxylic acids is 2. The van der Waals surface area contributed by atoms with Crippen molar-refractivity contribution in [3.8, 4) is 0 Å². The molecule has 0 amide bonds. The van der Waals surface area contributed by atoms with E-state index in [2.05, 4.69) is 10.6 Å². The van der Waals surface area contributed by atoms with Gasteiger partial charge in [0.15, 0.2) is 6.29 Å². The van der Waals surface area contributed by atoms with E-state index in [1.54, 1.807) is 18.2 Å². The third-order valence-corrected chi connectivity index (χ3v) is 2.55. The van der Waals surface area contributed by atoms with Crippen LogP contribution in [-0.4, -0.2) is 18.7 Å². The van der Waals surface area contributed by atoms with Crippen LogP contribution in [0.15, 0.2) is 18.2 Å². The zero-order valence-corrected chi connectivity index (χ0v) is 8.54. The van der Waals surface area contributed by atoms with Crippen LogP contribution in [0, 0.1) is 0 Å². The van der Waals surface area contributed by atoms with Gasteiger partial charge in [0.1, 0.15) is 6.04 Å². The van der Waals surface area contributed by atoms with Crippen molar-refractivity contribution in [3.05, 3.63) is 28.8 Å². The molecule has 78 valence electrons. The Hall–Kier alpha value is -1.39. The molecule has 0 spiro atoms. The van der Waals surface area contributed by atoms with Gasteiger partial charge in [-0.2, -0.15) is 0 Å². The van der Waals surface area contributed by atoms with Gasteiger partial charge in [0.05, 0.1) is 6.67 Å². The maximum absolute atomic E-state index is 11.3. The zero-order valence-electron chi connectivity index (χ0n) is 7.79. The van der Waals surface area contributed by atoms with E-state index in [1.807, 2.05) is 0 Å². The summed E-state index contributed by atoms with van der Waals surface area (Å²) in [5.74, 6) is -0.486. The van der Waals surface area contributed by atoms with Crippen LogP contribution in [0.4, 0.5) is 5.69 Å². The fourth-order valence-corrected chi connectivity index (χ4v) is 1.79. The van der Waals surface area contributed by atoms with Gasteiger partial charge in [-0.05, 0) is 18.2 Å². The fraction of sp³-hybridized carbons (Fsp3) is 0.200. The Morgan fingerprint density at radius 3 is 3.07 bits per heavy atom. The van der Waals surface area contributed by atoms with Crippen LogP contribution in [0.25, 0.3) is 0 Å². The van der Waals surface area contributed by atoms with Gasteiger partial charge in [-0.15, -0.1) is 0 Å². The Kier molecular flexibility index (Phi) is 2.70. The van der Waals surface area contributed by atoms with Crippen LogP contribution >= 0.6 is 11.6 Å². The summed E-state index contributed by atoms with van der Waals surface area (Å²) in [7, 11) is 0. The number of anilines is 1. The molecule has 1 aliphatic heterocycles. The standard InChI is InChI=1S/C10H9ClN2O2/c11-6-1-2-8-7(3-6)10(9(15)4-14)13-5-12-8/h1-4,10,12-13H,5H2. The third kappa shape index (κ3) is 1.86. The molecule has 0 saturated carbocycles. The molecular formula is C10H9ClN2O2. The summed E-state index contributed by atoms with van der Waals surface area (Å²) < 4.78 is 0. The van der Waals surface area contributed by atoms with Crippen LogP contribution in [-0.2, 0) is 9.59 Å². The molecule has 0 bridgehead atoms. The summed E-state index contributed by atoms with van der Waals surface area (Å²) in [5.41, 5.74) is 1.55. The second-order valence-corrected chi connectivity index (χ2v) is 3.68. The van der Waals surface area contributed by atoms with Crippen LogP contribution < -0.4 is 10.6 Å². The number of hydrogen-bond donors (Lipinski definition) is 2. The molecule has 0 aromatic heterocycles. The highest BCUT2D eigenvalue weighted by molar-refractivity contribution is 6.31. The lowest BCUT2D eigenvalue weighted by molar-refractivity contribution is -0.131. The number of Topliss-reactive ketones (excluding diaryl/α,β-unsaturated/α-hetero) is 1. The molecule has 1 aromatic rings. The number of benzene rings is 1. The largest absolute Gasteiger partial charge is 0.372 e. The molecule has 0 aliphatic carbocycles. The highest BCUT2D eigenvalue weighted by Crippen LogP contribution is 2.29. The van der Waals surface area contributed by atoms with Gasteiger partial charge in [-0.1, -0.05) is 11.6 Å². The van der Waals surface area contributed by atoms with Gasteiger partial charge in [0.25, 0.3) is 0 Å². The molecule has 4 nitrogen and oxygen atoms in total. The molecule has 1 aromatic carbocycles. The quantitative estimate of drug-likeness (QED) is 0.584. The van der Waals surface area contributed by atoms with Gasteiger partial charge < -0.3 is 5.32 Å². The molecule has 5 heteroatoms. The lowest BCUT2D eigenvalue weighted by atomic mass is 10.00. The lowest BCUT2D eigenvalue weighted by Crippen LogP contribution is -2.37. The van der Waals surface area contributed by atoms with Gasteiger partial charge >= 0.3 is 0 Å². The maximum atomic E-state index is 11.3. The second kappa shape index (κ2) is 4.00. The predicted octanol–water partition coefficient (Wildman–Crippen LogP) is 1.12. The van der Waals surface area contributed by atoms with Gasteiger partial charge in [0.2, 0.25) is 5.78 Å². The predicted molar refractivity (Wildman–Crippen MR) is 56.9 cm³/mol. The topological polar surface area (TPSA) is 58.2 Å². The van der Waals surface area contributed by atoms with E-state index in [9.17, 15) is 9.59 Å². The number of nitrogens with one attached hydrogen (secondary N) is 2. The zero-order chi connectivity index (χ0) is 10.8. The monoisotopic (exact) mass is 224 g/mol. The Morgan fingerprint density at radius 1 is 1.53 bits per heavy atom. The van der Waals surface area contributed by atoms with Crippen molar-refractivity contribution in [3.63, 3.8) is 0 Å². The number of carbonyl (C=O) groups is 2. The average molecular weight is 225 g/mol. The van der Waals surface area contributed by atoms with Crippen LogP contribution in [0.3, 0.4) is 0 Å². The van der Waals surface area contributed by atoms with Gasteiger partial charge in [0, 0.05) is 16.3 Å². The SMILES string of the molecule is O=CC(=O)C1NCNc2ccc(Cl)cc21. The minimum absolute atomic E-state index is 0.327. The number of fused-ring (bicyclic) bond motifs is 1. The van der Waals surface area contributed by atoms with E-state index in [4.69, 9.17) is 11.6 Å². The molecule has 0 fully saturated rings. The van der Waals surface area contributed by atoms with Crippen molar-refractivity contribution in [2.45, 2.75) is 6.04 Å². The molecule has 2 N–H and O–H groups in total. The Balaban J connectivity index is 2.44. The van der Waals surface area contributed by atoms with Crippen molar-refractivity contribution in [1.82, 2.24) is 5.32 Å². The first kappa shape index (κ1) is 10.1. The van der Waals surface area contributed by atoms with Gasteiger partial charge in [-0.25, -0.2) is 0 Å². The van der Waals surface area contributed by atoms with Gasteiger partial charge in [-0.3, -0.25) is 14.9 Å². The lowest BCUT2D eigenvalue weighted by Gasteiger charge is -2.25. The van der Waals surface area contributed by atoms with E-state index >= 15 is 0 Å². The molecule has 1 aliphatic rings. The number of hydrogen-bond acceptors (Lipinski definition) is 4. The highest BCUT2D eigenvalue weighted by atomic mass is 35.5. The molecule has 15 heavy (non-hydrogen) atoms. The number of rotatable bonds is 2. The first-order valence-electron chi connectivity index (χ1n) is 4.48. The Morgan fingerprint density at radius 2 is 2.33 bits per heavy atom. The van der Waals surface area contributed by atoms with Crippen molar-refractivity contribution >= 4 is 29.4 Å². The molecule has 1 unspecified atom stereocenters. The second-order valence-electron chi connectivity index (χ2n) is 3.24. The summed E-state index contributed by atoms with van der Waals surface area (Å²) in [5, 5.41) is 6.51. The molecule has 2 rings (SSSR count). The van der Waals surface area contributed by atoms with E-state index in [0.717, 1.165) is 5.69 Å². The van der Waals surface area contributed by atoms with Crippen LogP contribution in [0.2, 0.25) is 5.02 Å². The smallest absolute Gasteiger partial charge is 0.216 e. The third-order valence-electron chi connectivity index (χ3n) is 2.31. The van der Waals surface area contributed by atoms with Crippen molar-refractivity contribution < 1.29 is 9.59 Å². The molecule has 1 atom stereocenters. The fourth-order valence-electron chi connectivity index (χ4n) is 1.61. The van der Waals surface area contributed by atoms with Crippen molar-refractivity contribution in [2.24, 2.45) is 0 Å². The van der Waals surface area contributed by atoms with E-state index in [1.165, 1.54) is 0 Å². The summed E-state index contributed by atoms with van der Waals surface area (Å²) >= 11 is 5.83. The normalized spacial score (nSPS) is 18.9. The molecular weight excluding hydrogens is 216 g/mol. The molecule has 1 heterocycles. The van der Waals surface area contributed by atoms with E-state index in [0.29, 0.717) is 23.5 Å². The van der Waals surface area contributed by atoms with E-state index < -0.39 is 11.8 Å². The van der Waals surface area contributed by atoms with Crippen LogP contribution in [0.1, 0.15) is 11.6 Å². The van der Waals surface area contributed by atoms with Crippen molar-refractivity contribution in [2.75, 3.05) is 12.0 Å². The first-order valence-corrected chi connectivity index (χ1v) is 4.86. The number of halogens is 1. The number of ketones is 1. The summed E-state index contributed by atoms with van der Waals surface area (Å²) in [6.07, 6.45) is 0.327. The molecule has 0 radical (unpaired) electrons. The molecule has 0 saturated heterocycles. The Labute approximate surface area is 91.6 Å². The van der Waals surface area contributed by atoms with Crippen molar-refractivity contribution in [1.29, 1.82) is 0 Å². The first-order chi connectivity index (χ1) is 7.22.